The number of methoxy groups -OCH3 is 1. The van der Waals surface area contributed by atoms with Crippen LogP contribution in [0.1, 0.15) is 20.3 Å². The van der Waals surface area contributed by atoms with Gasteiger partial charge in [0.05, 0.1) is 11.6 Å². The van der Waals surface area contributed by atoms with E-state index in [4.69, 9.17) is 4.74 Å². The molecule has 2 amide bonds. The zero-order valence-electron chi connectivity index (χ0n) is 8.72. The lowest BCUT2D eigenvalue weighted by Crippen LogP contribution is -2.67. The van der Waals surface area contributed by atoms with Crippen molar-refractivity contribution < 1.29 is 14.3 Å². The second-order valence-corrected chi connectivity index (χ2v) is 3.76. The molecular weight excluding hydrogens is 184 g/mol. The standard InChI is InChI=1S/C9H16N2O3/c1-6-7(12)10-8(13)9(2,11-6)4-5-14-3/h6,11H,4-5H2,1-3H3,(H,10,12,13). The molecule has 5 nitrogen and oxygen atoms in total. The van der Waals surface area contributed by atoms with Gasteiger partial charge in [-0.2, -0.15) is 0 Å². The Morgan fingerprint density at radius 3 is 2.71 bits per heavy atom. The molecule has 0 spiro atoms. The largest absolute Gasteiger partial charge is 0.385 e. The Morgan fingerprint density at radius 2 is 2.14 bits per heavy atom. The second-order valence-electron chi connectivity index (χ2n) is 3.76. The average Bonchev–Trinajstić information content (AvgIpc) is 2.12. The van der Waals surface area contributed by atoms with Crippen LogP contribution in [-0.4, -0.2) is 37.1 Å². The lowest BCUT2D eigenvalue weighted by molar-refractivity contribution is -0.140. The Bertz CT molecular complexity index is 254. The lowest BCUT2D eigenvalue weighted by atomic mass is 9.93. The van der Waals surface area contributed by atoms with E-state index in [-0.39, 0.29) is 17.9 Å². The van der Waals surface area contributed by atoms with Gasteiger partial charge >= 0.3 is 0 Å². The van der Waals surface area contributed by atoms with Crippen LogP contribution in [0.25, 0.3) is 0 Å². The van der Waals surface area contributed by atoms with E-state index in [0.29, 0.717) is 13.0 Å². The van der Waals surface area contributed by atoms with Gasteiger partial charge in [0.2, 0.25) is 11.8 Å². The fraction of sp³-hybridized carbons (Fsp3) is 0.778. The summed E-state index contributed by atoms with van der Waals surface area (Å²) in [4.78, 5) is 22.7. The molecule has 2 atom stereocenters. The van der Waals surface area contributed by atoms with Gasteiger partial charge in [-0.05, 0) is 20.3 Å². The predicted molar refractivity (Wildman–Crippen MR) is 50.6 cm³/mol. The fourth-order valence-electron chi connectivity index (χ4n) is 1.46. The van der Waals surface area contributed by atoms with Gasteiger partial charge in [0.25, 0.3) is 0 Å². The highest BCUT2D eigenvalue weighted by molar-refractivity contribution is 6.04. The summed E-state index contributed by atoms with van der Waals surface area (Å²) in [7, 11) is 1.58. The summed E-state index contributed by atoms with van der Waals surface area (Å²) >= 11 is 0. The molecule has 1 heterocycles. The SMILES string of the molecule is COCCC1(C)NC(C)C(=O)NC1=O. The van der Waals surface area contributed by atoms with Gasteiger partial charge < -0.3 is 4.74 Å². The first-order chi connectivity index (χ1) is 6.49. The Balaban J connectivity index is 2.67. The van der Waals surface area contributed by atoms with E-state index in [2.05, 4.69) is 10.6 Å². The topological polar surface area (TPSA) is 67.4 Å². The van der Waals surface area contributed by atoms with Crippen LogP contribution in [0.5, 0.6) is 0 Å². The zero-order chi connectivity index (χ0) is 10.8. The van der Waals surface area contributed by atoms with Crippen LogP contribution >= 0.6 is 0 Å². The summed E-state index contributed by atoms with van der Waals surface area (Å²) in [6, 6.07) is -0.338. The molecule has 14 heavy (non-hydrogen) atoms. The molecule has 80 valence electrons. The minimum absolute atomic E-state index is 0.273. The monoisotopic (exact) mass is 200 g/mol. The van der Waals surface area contributed by atoms with Crippen LogP contribution in [0.15, 0.2) is 0 Å². The molecule has 0 aromatic carbocycles. The molecule has 1 rings (SSSR count). The highest BCUT2D eigenvalue weighted by Crippen LogP contribution is 2.14. The first kappa shape index (κ1) is 11.1. The average molecular weight is 200 g/mol. The number of nitrogens with one attached hydrogen (secondary N) is 2. The van der Waals surface area contributed by atoms with Gasteiger partial charge in [0.1, 0.15) is 0 Å². The number of hydrogen-bond donors (Lipinski definition) is 2. The number of imide groups is 1. The summed E-state index contributed by atoms with van der Waals surface area (Å²) in [5.41, 5.74) is -0.705. The maximum atomic E-state index is 11.5. The molecule has 0 aliphatic carbocycles. The van der Waals surface area contributed by atoms with E-state index < -0.39 is 5.54 Å². The number of piperazine rings is 1. The number of hydrogen-bond acceptors (Lipinski definition) is 4. The van der Waals surface area contributed by atoms with Gasteiger partial charge in [0.15, 0.2) is 0 Å². The van der Waals surface area contributed by atoms with Crippen LogP contribution in [0.2, 0.25) is 0 Å². The fourth-order valence-corrected chi connectivity index (χ4v) is 1.46. The van der Waals surface area contributed by atoms with Crippen molar-refractivity contribution in [3.05, 3.63) is 0 Å². The van der Waals surface area contributed by atoms with Crippen LogP contribution in [0, 0.1) is 0 Å². The van der Waals surface area contributed by atoms with Gasteiger partial charge in [-0.1, -0.05) is 0 Å². The van der Waals surface area contributed by atoms with Crippen molar-refractivity contribution in [2.45, 2.75) is 31.8 Å². The number of amides is 2. The van der Waals surface area contributed by atoms with Crippen LogP contribution in [0.3, 0.4) is 0 Å². The number of carbonyl (C=O) groups excluding carboxylic acids is 2. The van der Waals surface area contributed by atoms with Crippen molar-refractivity contribution >= 4 is 11.8 Å². The van der Waals surface area contributed by atoms with E-state index in [1.54, 1.807) is 21.0 Å². The second kappa shape index (κ2) is 4.06. The Kier molecular flexibility index (Phi) is 3.23. The molecule has 0 aromatic heterocycles. The molecule has 2 unspecified atom stereocenters. The van der Waals surface area contributed by atoms with Gasteiger partial charge in [-0.25, -0.2) is 0 Å². The summed E-state index contributed by atoms with van der Waals surface area (Å²) in [6.45, 7) is 3.98. The maximum absolute atomic E-state index is 11.5. The normalized spacial score (nSPS) is 32.9. The van der Waals surface area contributed by atoms with Gasteiger partial charge in [-0.3, -0.25) is 20.2 Å². The highest BCUT2D eigenvalue weighted by Gasteiger charge is 2.40. The quantitative estimate of drug-likeness (QED) is 0.598. The summed E-state index contributed by atoms with van der Waals surface area (Å²) < 4.78 is 4.92. The molecule has 1 saturated heterocycles. The maximum Gasteiger partial charge on any atom is 0.246 e. The van der Waals surface area contributed by atoms with E-state index in [0.717, 1.165) is 0 Å². The Hall–Kier alpha value is -0.940. The highest BCUT2D eigenvalue weighted by atomic mass is 16.5. The summed E-state index contributed by atoms with van der Waals surface area (Å²) in [5, 5.41) is 5.32. The molecule has 0 saturated carbocycles. The number of rotatable bonds is 3. The van der Waals surface area contributed by atoms with Crippen molar-refractivity contribution in [2.75, 3.05) is 13.7 Å². The van der Waals surface area contributed by atoms with E-state index in [1.165, 1.54) is 0 Å². The smallest absolute Gasteiger partial charge is 0.246 e. The van der Waals surface area contributed by atoms with Crippen LogP contribution < -0.4 is 10.6 Å². The number of ether oxygens (including phenoxy) is 1. The van der Waals surface area contributed by atoms with E-state index >= 15 is 0 Å². The molecule has 1 aliphatic rings. The minimum Gasteiger partial charge on any atom is -0.385 e. The minimum atomic E-state index is -0.705. The molecule has 1 aliphatic heterocycles. The zero-order valence-corrected chi connectivity index (χ0v) is 8.72. The van der Waals surface area contributed by atoms with Crippen LogP contribution in [-0.2, 0) is 14.3 Å². The predicted octanol–water partition coefficient (Wildman–Crippen LogP) is -0.584. The van der Waals surface area contributed by atoms with Crippen molar-refractivity contribution in [2.24, 2.45) is 0 Å². The third kappa shape index (κ3) is 2.10. The summed E-state index contributed by atoms with van der Waals surface area (Å²) in [5.74, 6) is -0.553. The van der Waals surface area contributed by atoms with Crippen molar-refractivity contribution in [1.82, 2.24) is 10.6 Å². The van der Waals surface area contributed by atoms with Crippen molar-refractivity contribution in [3.8, 4) is 0 Å². The lowest BCUT2D eigenvalue weighted by Gasteiger charge is -2.36. The molecule has 0 bridgehead atoms. The van der Waals surface area contributed by atoms with E-state index in [9.17, 15) is 9.59 Å². The van der Waals surface area contributed by atoms with E-state index in [1.807, 2.05) is 0 Å². The molecule has 5 heteroatoms. The van der Waals surface area contributed by atoms with Gasteiger partial charge in [-0.15, -0.1) is 0 Å². The van der Waals surface area contributed by atoms with Crippen LogP contribution in [0.4, 0.5) is 0 Å². The molecule has 2 N–H and O–H groups in total. The molecule has 1 fully saturated rings. The molecule has 0 radical (unpaired) electrons. The van der Waals surface area contributed by atoms with Crippen molar-refractivity contribution in [3.63, 3.8) is 0 Å². The van der Waals surface area contributed by atoms with Gasteiger partial charge in [0, 0.05) is 13.7 Å². The molecular formula is C9H16N2O3. The third-order valence-corrected chi connectivity index (χ3v) is 2.47. The first-order valence-electron chi connectivity index (χ1n) is 4.61. The molecule has 0 aromatic rings. The van der Waals surface area contributed by atoms with Crippen molar-refractivity contribution in [1.29, 1.82) is 0 Å². The summed E-state index contributed by atoms with van der Waals surface area (Å²) in [6.07, 6.45) is 0.549. The number of carbonyl (C=O) groups is 2. The Labute approximate surface area is 83.2 Å². The Morgan fingerprint density at radius 1 is 1.50 bits per heavy atom. The third-order valence-electron chi connectivity index (χ3n) is 2.47. The first-order valence-corrected chi connectivity index (χ1v) is 4.61.